The Labute approximate surface area is 383 Å². The van der Waals surface area contributed by atoms with Crippen LogP contribution in [-0.2, 0) is 12.8 Å². The number of hydrogen-bond donors (Lipinski definition) is 0. The summed E-state index contributed by atoms with van der Waals surface area (Å²) in [6, 6.07) is 0. The summed E-state index contributed by atoms with van der Waals surface area (Å²) in [6.45, 7) is 18.9. The van der Waals surface area contributed by atoms with Gasteiger partial charge in [-0.25, -0.2) is 0 Å². The molecule has 0 aliphatic carbocycles. The molecule has 0 aromatic heterocycles. The first-order valence-electron chi connectivity index (χ1n) is 27.9. The first-order chi connectivity index (χ1) is 30.3. The monoisotopic (exact) mass is 853 g/mol. The number of nitrogens with zero attached hydrogens (tertiary/aromatic N) is 4. The molecule has 0 bridgehead atoms. The second kappa shape index (κ2) is 29.4. The van der Waals surface area contributed by atoms with E-state index in [-0.39, 0.29) is 11.3 Å². The fourth-order valence-corrected chi connectivity index (χ4v) is 11.0. The quantitative estimate of drug-likeness (QED) is 0.0604. The summed E-state index contributed by atoms with van der Waals surface area (Å²) in [7, 11) is 0. The van der Waals surface area contributed by atoms with Crippen LogP contribution in [0.15, 0.2) is 20.0 Å². The van der Waals surface area contributed by atoms with Gasteiger partial charge in [-0.2, -0.15) is 0 Å². The van der Waals surface area contributed by atoms with Crippen molar-refractivity contribution in [3.8, 4) is 0 Å². The largest absolute Gasteiger partial charge is 0.253 e. The molecule has 0 unspecified atom stereocenters. The molecule has 0 saturated carbocycles. The fraction of sp³-hybridized carbons (Fsp3) is 0.828. The van der Waals surface area contributed by atoms with Crippen LogP contribution in [0.2, 0.25) is 0 Å². The van der Waals surface area contributed by atoms with Crippen molar-refractivity contribution in [2.75, 3.05) is 0 Å². The lowest BCUT2D eigenvalue weighted by Gasteiger charge is -2.23. The number of fused-ring (bicyclic) bond motifs is 5. The lowest BCUT2D eigenvalue weighted by atomic mass is 9.87. The van der Waals surface area contributed by atoms with Crippen LogP contribution in [0.4, 0.5) is 0 Å². The summed E-state index contributed by atoms with van der Waals surface area (Å²) in [6.07, 6.45) is 48.3. The lowest BCUT2D eigenvalue weighted by Crippen LogP contribution is -2.36. The Morgan fingerprint density at radius 1 is 0.274 bits per heavy atom. The molecule has 4 nitrogen and oxygen atoms in total. The Morgan fingerprint density at radius 3 is 0.774 bits per heavy atom. The van der Waals surface area contributed by atoms with Gasteiger partial charge in [-0.3, -0.25) is 20.0 Å². The highest BCUT2D eigenvalue weighted by molar-refractivity contribution is 5.90. The number of unbranched alkanes of at least 4 members (excludes halogenated alkanes) is 26. The minimum absolute atomic E-state index is 0.330. The molecule has 2 aliphatic rings. The maximum atomic E-state index is 6.03. The van der Waals surface area contributed by atoms with Crippen molar-refractivity contribution in [3.63, 3.8) is 0 Å². The van der Waals surface area contributed by atoms with E-state index in [0.717, 1.165) is 38.5 Å². The summed E-state index contributed by atoms with van der Waals surface area (Å²) in [5.74, 6) is 0. The van der Waals surface area contributed by atoms with Gasteiger partial charge in [0.15, 0.2) is 11.3 Å². The Morgan fingerprint density at radius 2 is 0.500 bits per heavy atom. The molecule has 352 valence electrons. The van der Waals surface area contributed by atoms with E-state index in [1.54, 1.807) is 0 Å². The zero-order valence-corrected chi connectivity index (χ0v) is 42.7. The summed E-state index contributed by atoms with van der Waals surface area (Å²) < 4.78 is 0. The van der Waals surface area contributed by atoms with Crippen molar-refractivity contribution in [2.45, 2.75) is 311 Å². The Bertz CT molecular complexity index is 1660. The van der Waals surface area contributed by atoms with Crippen LogP contribution in [0, 0.1) is 13.8 Å². The third-order valence-electron chi connectivity index (χ3n) is 15.0. The number of aryl methyl sites for hydroxylation is 2. The van der Waals surface area contributed by atoms with E-state index in [2.05, 4.69) is 55.4 Å². The molecule has 2 aliphatic heterocycles. The predicted octanol–water partition coefficient (Wildman–Crippen LogP) is 16.6. The highest BCUT2D eigenvalue weighted by Gasteiger charge is 2.36. The molecular formula is C58H100N4. The molecule has 62 heavy (non-hydrogen) atoms. The molecule has 2 heterocycles. The van der Waals surface area contributed by atoms with E-state index in [1.165, 1.54) is 260 Å². The summed E-state index contributed by atoms with van der Waals surface area (Å²) in [5, 5.41) is 7.85. The van der Waals surface area contributed by atoms with Gasteiger partial charge >= 0.3 is 0 Å². The van der Waals surface area contributed by atoms with Crippen LogP contribution < -0.4 is 21.4 Å². The van der Waals surface area contributed by atoms with Crippen molar-refractivity contribution in [3.05, 3.63) is 43.7 Å². The van der Waals surface area contributed by atoms with Crippen LogP contribution in [0.5, 0.6) is 0 Å². The minimum atomic E-state index is -0.330. The predicted molar refractivity (Wildman–Crippen MR) is 271 cm³/mol. The molecule has 2 aromatic rings. The molecule has 2 aromatic carbocycles. The molecule has 0 radical (unpaired) electrons. The van der Waals surface area contributed by atoms with Gasteiger partial charge in [0, 0.05) is 10.8 Å². The van der Waals surface area contributed by atoms with E-state index >= 15 is 0 Å². The topological polar surface area (TPSA) is 49.4 Å². The smallest absolute Gasteiger partial charge is 0.151 e. The van der Waals surface area contributed by atoms with E-state index in [9.17, 15) is 0 Å². The van der Waals surface area contributed by atoms with Crippen molar-refractivity contribution >= 4 is 10.8 Å². The van der Waals surface area contributed by atoms with E-state index in [0.29, 0.717) is 0 Å². The molecule has 0 spiro atoms. The summed E-state index contributed by atoms with van der Waals surface area (Å²) >= 11 is 0. The number of hydrogen-bond acceptors (Lipinski definition) is 4. The SMILES string of the molecule is CCCCCCCCC1(CCCCCCCC)N=c2c(C)c(CCCCCC)c3c4c(c(C)c(CCCCCC)c3c2=N1)=NC(CCCCCCCC)(CCCCCCCC)N=4. The molecule has 0 amide bonds. The molecule has 0 N–H and O–H groups in total. The van der Waals surface area contributed by atoms with Gasteiger partial charge < -0.3 is 0 Å². The van der Waals surface area contributed by atoms with Gasteiger partial charge in [0.05, 0.1) is 21.4 Å². The van der Waals surface area contributed by atoms with Gasteiger partial charge in [0.1, 0.15) is 0 Å². The van der Waals surface area contributed by atoms with Gasteiger partial charge in [-0.05, 0) is 113 Å². The van der Waals surface area contributed by atoms with Crippen LogP contribution in [0.25, 0.3) is 10.8 Å². The maximum Gasteiger partial charge on any atom is 0.151 e. The first kappa shape index (κ1) is 52.5. The highest BCUT2D eigenvalue weighted by atomic mass is 15.1. The number of rotatable bonds is 38. The summed E-state index contributed by atoms with van der Waals surface area (Å²) in [4.78, 5) is 23.9. The Hall–Kier alpha value is -2.10. The molecule has 4 rings (SSSR count). The maximum absolute atomic E-state index is 6.03. The van der Waals surface area contributed by atoms with Gasteiger partial charge in [0.2, 0.25) is 0 Å². The summed E-state index contributed by atoms with van der Waals surface area (Å²) in [5.41, 5.74) is 5.21. The van der Waals surface area contributed by atoms with Gasteiger partial charge in [-0.15, -0.1) is 0 Å². The van der Waals surface area contributed by atoms with Crippen LogP contribution in [0.1, 0.15) is 295 Å². The Kier molecular flexibility index (Phi) is 24.9. The third kappa shape index (κ3) is 15.5. The van der Waals surface area contributed by atoms with E-state index in [1.807, 2.05) is 0 Å². The average molecular weight is 853 g/mol. The normalized spacial score (nSPS) is 14.8. The fourth-order valence-electron chi connectivity index (χ4n) is 11.0. The Balaban J connectivity index is 1.96. The molecule has 0 saturated heterocycles. The minimum Gasteiger partial charge on any atom is -0.253 e. The van der Waals surface area contributed by atoms with Crippen LogP contribution in [-0.4, -0.2) is 11.3 Å². The zero-order valence-electron chi connectivity index (χ0n) is 42.7. The molecule has 0 fully saturated rings. The van der Waals surface area contributed by atoms with Crippen LogP contribution in [0.3, 0.4) is 0 Å². The standard InChI is InChI=1S/C58H100N4/c1-9-15-21-27-31-37-43-57(44-38-32-28-22-16-10-2)59-53-47(7)49(41-35-25-19-13-5)52-51(55(53)61-57)50(42-36-26-20-14-6)48(8)54-56(52)62-58(60-54,45-39-33-29-23-17-11-3)46-40-34-30-24-18-12-4/h9-46H2,1-8H3. The highest BCUT2D eigenvalue weighted by Crippen LogP contribution is 2.35. The average Bonchev–Trinajstić information content (AvgIpc) is 3.85. The van der Waals surface area contributed by atoms with Gasteiger partial charge in [0.25, 0.3) is 0 Å². The van der Waals surface area contributed by atoms with Gasteiger partial charge in [-0.1, -0.05) is 208 Å². The first-order valence-corrected chi connectivity index (χ1v) is 27.9. The second-order valence-corrected chi connectivity index (χ2v) is 20.5. The van der Waals surface area contributed by atoms with Crippen molar-refractivity contribution < 1.29 is 0 Å². The van der Waals surface area contributed by atoms with Crippen molar-refractivity contribution in [1.82, 2.24) is 0 Å². The number of benzene rings is 2. The third-order valence-corrected chi connectivity index (χ3v) is 15.0. The molecular weight excluding hydrogens is 753 g/mol. The molecule has 0 atom stereocenters. The van der Waals surface area contributed by atoms with Crippen molar-refractivity contribution in [1.29, 1.82) is 0 Å². The van der Waals surface area contributed by atoms with E-state index in [4.69, 9.17) is 20.0 Å². The van der Waals surface area contributed by atoms with E-state index < -0.39 is 0 Å². The molecule has 4 heteroatoms. The second-order valence-electron chi connectivity index (χ2n) is 20.5. The zero-order chi connectivity index (χ0) is 44.5. The van der Waals surface area contributed by atoms with Crippen LogP contribution >= 0.6 is 0 Å². The van der Waals surface area contributed by atoms with Crippen molar-refractivity contribution in [2.24, 2.45) is 20.0 Å². The lowest BCUT2D eigenvalue weighted by molar-refractivity contribution is 0.348.